The van der Waals surface area contributed by atoms with E-state index in [1.807, 2.05) is 17.5 Å². The Bertz CT molecular complexity index is 657. The number of hydrogen-bond acceptors (Lipinski definition) is 5. The minimum atomic E-state index is -0.793. The first-order valence-electron chi connectivity index (χ1n) is 7.09. The molecule has 0 radical (unpaired) electrons. The third-order valence-corrected chi connectivity index (χ3v) is 4.74. The molecule has 0 bridgehead atoms. The van der Waals surface area contributed by atoms with Gasteiger partial charge in [-0.05, 0) is 23.1 Å². The number of nitrogens with zero attached hydrogens (tertiary/aromatic N) is 2. The number of nitro benzene ring substituents is 1. The second-order valence-electron chi connectivity index (χ2n) is 5.17. The highest BCUT2D eigenvalue weighted by Crippen LogP contribution is 2.34. The summed E-state index contributed by atoms with van der Waals surface area (Å²) in [5.74, 6) is -0.793. The zero-order valence-electron chi connectivity index (χ0n) is 11.9. The van der Waals surface area contributed by atoms with Gasteiger partial charge in [0.25, 0.3) is 0 Å². The highest BCUT2D eigenvalue weighted by Gasteiger charge is 2.27. The number of thiophene rings is 1. The molecule has 1 aromatic carbocycles. The minimum Gasteiger partial charge on any atom is -0.314 e. The topological polar surface area (TPSA) is 58.4 Å². The normalized spacial score (nSPS) is 17.3. The molecule has 0 amide bonds. The minimum absolute atomic E-state index is 0.0681. The Kier molecular flexibility index (Phi) is 4.47. The van der Waals surface area contributed by atoms with E-state index in [0.29, 0.717) is 0 Å². The van der Waals surface area contributed by atoms with Gasteiger partial charge in [0.1, 0.15) is 0 Å². The van der Waals surface area contributed by atoms with Crippen LogP contribution in [-0.2, 0) is 0 Å². The largest absolute Gasteiger partial charge is 0.314 e. The Morgan fingerprint density at radius 3 is 2.73 bits per heavy atom. The van der Waals surface area contributed by atoms with Crippen molar-refractivity contribution in [3.8, 4) is 0 Å². The predicted octanol–water partition coefficient (Wildman–Crippen LogP) is 2.79. The zero-order chi connectivity index (χ0) is 15.5. The Balaban J connectivity index is 2.02. The molecule has 1 aromatic heterocycles. The van der Waals surface area contributed by atoms with Crippen molar-refractivity contribution in [3.05, 3.63) is 62.1 Å². The Morgan fingerprint density at radius 1 is 1.32 bits per heavy atom. The number of nitrogens with one attached hydrogen (secondary N) is 1. The van der Waals surface area contributed by atoms with Crippen LogP contribution in [0.2, 0.25) is 0 Å². The molecule has 7 heteroatoms. The van der Waals surface area contributed by atoms with Gasteiger partial charge in [-0.3, -0.25) is 15.0 Å². The maximum atomic E-state index is 13.6. The van der Waals surface area contributed by atoms with Crippen molar-refractivity contribution in [2.75, 3.05) is 26.2 Å². The molecule has 0 unspecified atom stereocenters. The van der Waals surface area contributed by atoms with Gasteiger partial charge in [0.2, 0.25) is 5.82 Å². The fourth-order valence-electron chi connectivity index (χ4n) is 2.78. The van der Waals surface area contributed by atoms with Gasteiger partial charge in [0, 0.05) is 37.1 Å². The van der Waals surface area contributed by atoms with Crippen molar-refractivity contribution in [1.82, 2.24) is 10.2 Å². The van der Waals surface area contributed by atoms with E-state index in [4.69, 9.17) is 0 Å². The molecule has 116 valence electrons. The Morgan fingerprint density at radius 2 is 2.09 bits per heavy atom. The Labute approximate surface area is 131 Å². The number of nitro groups is 1. The molecule has 1 aliphatic rings. The van der Waals surface area contributed by atoms with E-state index in [0.717, 1.165) is 36.6 Å². The van der Waals surface area contributed by atoms with Crippen LogP contribution in [0.15, 0.2) is 35.7 Å². The molecule has 0 spiro atoms. The van der Waals surface area contributed by atoms with Gasteiger partial charge < -0.3 is 5.32 Å². The summed E-state index contributed by atoms with van der Waals surface area (Å²) in [5, 5.41) is 16.3. The smallest absolute Gasteiger partial charge is 0.305 e. The first kappa shape index (κ1) is 15.1. The van der Waals surface area contributed by atoms with Crippen molar-refractivity contribution >= 4 is 17.0 Å². The molecule has 1 aliphatic heterocycles. The lowest BCUT2D eigenvalue weighted by atomic mass is 10.0. The van der Waals surface area contributed by atoms with Gasteiger partial charge in [0.15, 0.2) is 0 Å². The monoisotopic (exact) mass is 321 g/mol. The second kappa shape index (κ2) is 6.51. The zero-order valence-corrected chi connectivity index (χ0v) is 12.7. The van der Waals surface area contributed by atoms with Crippen LogP contribution in [0.3, 0.4) is 0 Å². The fraction of sp³-hybridized carbons (Fsp3) is 0.333. The van der Waals surface area contributed by atoms with Crippen molar-refractivity contribution in [1.29, 1.82) is 0 Å². The molecule has 1 saturated heterocycles. The lowest BCUT2D eigenvalue weighted by molar-refractivity contribution is -0.387. The van der Waals surface area contributed by atoms with Crippen molar-refractivity contribution in [3.63, 3.8) is 0 Å². The molecule has 5 nitrogen and oxygen atoms in total. The molecule has 22 heavy (non-hydrogen) atoms. The van der Waals surface area contributed by atoms with E-state index < -0.39 is 16.4 Å². The average molecular weight is 321 g/mol. The van der Waals surface area contributed by atoms with Crippen LogP contribution in [0.4, 0.5) is 10.1 Å². The molecule has 3 rings (SSSR count). The van der Waals surface area contributed by atoms with E-state index in [2.05, 4.69) is 10.2 Å². The van der Waals surface area contributed by atoms with Gasteiger partial charge in [-0.25, -0.2) is 0 Å². The SMILES string of the molecule is O=[N+]([O-])c1cc([C@@H](c2cccs2)N2CCNCC2)ccc1F. The summed E-state index contributed by atoms with van der Waals surface area (Å²) in [7, 11) is 0. The van der Waals surface area contributed by atoms with E-state index in [-0.39, 0.29) is 6.04 Å². The maximum Gasteiger partial charge on any atom is 0.305 e. The van der Waals surface area contributed by atoms with Gasteiger partial charge in [-0.15, -0.1) is 11.3 Å². The molecule has 1 fully saturated rings. The van der Waals surface area contributed by atoms with Crippen LogP contribution in [0.5, 0.6) is 0 Å². The number of piperazine rings is 1. The summed E-state index contributed by atoms with van der Waals surface area (Å²) in [5.41, 5.74) is 0.298. The van der Waals surface area contributed by atoms with Gasteiger partial charge >= 0.3 is 5.69 Å². The summed E-state index contributed by atoms with van der Waals surface area (Å²) in [6.45, 7) is 3.47. The first-order chi connectivity index (χ1) is 10.7. The third-order valence-electron chi connectivity index (χ3n) is 3.81. The predicted molar refractivity (Wildman–Crippen MR) is 83.7 cm³/mol. The molecular weight excluding hydrogens is 305 g/mol. The molecule has 0 aliphatic carbocycles. The average Bonchev–Trinajstić information content (AvgIpc) is 3.04. The van der Waals surface area contributed by atoms with E-state index >= 15 is 0 Å². The quantitative estimate of drug-likeness (QED) is 0.695. The van der Waals surface area contributed by atoms with Crippen LogP contribution in [0.1, 0.15) is 16.5 Å². The molecule has 0 saturated carbocycles. The summed E-state index contributed by atoms with van der Waals surface area (Å²) < 4.78 is 13.6. The van der Waals surface area contributed by atoms with E-state index in [9.17, 15) is 14.5 Å². The molecular formula is C15H16FN3O2S. The number of benzene rings is 1. The van der Waals surface area contributed by atoms with Gasteiger partial charge in [-0.2, -0.15) is 4.39 Å². The summed E-state index contributed by atoms with van der Waals surface area (Å²) in [4.78, 5) is 13.7. The van der Waals surface area contributed by atoms with Crippen molar-refractivity contribution in [2.24, 2.45) is 0 Å². The van der Waals surface area contributed by atoms with Crippen molar-refractivity contribution in [2.45, 2.75) is 6.04 Å². The number of rotatable bonds is 4. The van der Waals surface area contributed by atoms with Crippen LogP contribution in [0.25, 0.3) is 0 Å². The molecule has 2 heterocycles. The summed E-state index contributed by atoms with van der Waals surface area (Å²) >= 11 is 1.61. The first-order valence-corrected chi connectivity index (χ1v) is 7.97. The molecule has 1 N–H and O–H groups in total. The summed E-state index contributed by atoms with van der Waals surface area (Å²) in [6, 6.07) is 8.12. The Hall–Kier alpha value is -1.83. The highest BCUT2D eigenvalue weighted by atomic mass is 32.1. The van der Waals surface area contributed by atoms with Crippen LogP contribution < -0.4 is 5.32 Å². The van der Waals surface area contributed by atoms with E-state index in [1.54, 1.807) is 17.4 Å². The fourth-order valence-corrected chi connectivity index (χ4v) is 3.67. The van der Waals surface area contributed by atoms with Crippen molar-refractivity contribution < 1.29 is 9.31 Å². The standard InChI is InChI=1S/C15H16FN3O2S/c16-12-4-3-11(10-13(12)19(20)21)15(14-2-1-9-22-14)18-7-5-17-6-8-18/h1-4,9-10,15,17H,5-8H2/t15-/m0/s1. The molecule has 1 atom stereocenters. The second-order valence-corrected chi connectivity index (χ2v) is 6.15. The van der Waals surface area contributed by atoms with E-state index in [1.165, 1.54) is 12.1 Å². The van der Waals surface area contributed by atoms with Crippen LogP contribution >= 0.6 is 11.3 Å². The van der Waals surface area contributed by atoms with Crippen LogP contribution in [-0.4, -0.2) is 36.0 Å². The third kappa shape index (κ3) is 3.01. The van der Waals surface area contributed by atoms with Crippen LogP contribution in [0, 0.1) is 15.9 Å². The summed E-state index contributed by atoms with van der Waals surface area (Å²) in [6.07, 6.45) is 0. The van der Waals surface area contributed by atoms with Gasteiger partial charge in [-0.1, -0.05) is 12.1 Å². The van der Waals surface area contributed by atoms with Gasteiger partial charge in [0.05, 0.1) is 11.0 Å². The maximum absolute atomic E-state index is 13.6. The number of halogens is 1. The highest BCUT2D eigenvalue weighted by molar-refractivity contribution is 7.10. The molecule has 2 aromatic rings. The lowest BCUT2D eigenvalue weighted by Crippen LogP contribution is -2.45. The lowest BCUT2D eigenvalue weighted by Gasteiger charge is -2.34. The number of hydrogen-bond donors (Lipinski definition) is 1.